The zero-order chi connectivity index (χ0) is 23.8. The summed E-state index contributed by atoms with van der Waals surface area (Å²) in [6, 6.07) is 22.5. The molecule has 4 N–H and O–H groups in total. The minimum absolute atomic E-state index is 0.0710. The summed E-state index contributed by atoms with van der Waals surface area (Å²) in [5, 5.41) is 12.3. The van der Waals surface area contributed by atoms with Gasteiger partial charge in [0.1, 0.15) is 0 Å². The first-order valence-corrected chi connectivity index (χ1v) is 11.3. The minimum atomic E-state index is -0.235. The Morgan fingerprint density at radius 1 is 0.909 bits per heavy atom. The second-order valence-corrected chi connectivity index (χ2v) is 8.51. The summed E-state index contributed by atoms with van der Waals surface area (Å²) in [5.74, 6) is -0.235. The summed E-state index contributed by atoms with van der Waals surface area (Å²) in [6.45, 7) is 6.24. The molecule has 3 amide bonds. The van der Waals surface area contributed by atoms with Crippen LogP contribution in [-0.2, 0) is 6.54 Å². The number of amides is 3. The lowest BCUT2D eigenvalue weighted by molar-refractivity contribution is 0.102. The highest BCUT2D eigenvalue weighted by Gasteiger charge is 2.11. The Balaban J connectivity index is 1.56. The molecule has 1 atom stereocenters. The summed E-state index contributed by atoms with van der Waals surface area (Å²) in [6.07, 6.45) is 0. The molecule has 3 aromatic rings. The molecule has 0 saturated heterocycles. The van der Waals surface area contributed by atoms with Gasteiger partial charge in [0, 0.05) is 29.9 Å². The number of anilines is 2. The number of carbonyl (C=O) groups is 2. The summed E-state index contributed by atoms with van der Waals surface area (Å²) < 4.78 is 0. The van der Waals surface area contributed by atoms with Crippen LogP contribution >= 0.6 is 11.6 Å². The number of halogens is 1. The van der Waals surface area contributed by atoms with Crippen LogP contribution in [0, 0.1) is 0 Å². The summed E-state index contributed by atoms with van der Waals surface area (Å²) in [4.78, 5) is 24.3. The summed E-state index contributed by atoms with van der Waals surface area (Å²) >= 11 is 6.45. The molecule has 0 aliphatic heterocycles. The normalized spacial score (nSPS) is 11.5. The Morgan fingerprint density at radius 3 is 2.24 bits per heavy atom. The monoisotopic (exact) mass is 464 g/mol. The van der Waals surface area contributed by atoms with E-state index in [1.807, 2.05) is 56.3 Å². The van der Waals surface area contributed by atoms with E-state index in [9.17, 15) is 9.59 Å². The fourth-order valence-corrected chi connectivity index (χ4v) is 3.48. The topological polar surface area (TPSA) is 82.3 Å². The molecule has 0 spiro atoms. The van der Waals surface area contributed by atoms with E-state index >= 15 is 0 Å². The van der Waals surface area contributed by atoms with Crippen molar-refractivity contribution in [3.8, 4) is 0 Å². The Labute approximate surface area is 199 Å². The molecule has 0 aromatic heterocycles. The molecule has 0 aliphatic carbocycles. The lowest BCUT2D eigenvalue weighted by atomic mass is 10.1. The molecule has 0 bridgehead atoms. The maximum Gasteiger partial charge on any atom is 0.315 e. The first kappa shape index (κ1) is 24.1. The van der Waals surface area contributed by atoms with Crippen molar-refractivity contribution < 1.29 is 9.59 Å². The van der Waals surface area contributed by atoms with Crippen LogP contribution < -0.4 is 21.3 Å². The van der Waals surface area contributed by atoms with Crippen LogP contribution in [0.25, 0.3) is 0 Å². The zero-order valence-electron chi connectivity index (χ0n) is 19.0. The standard InChI is InChI=1S/C26H29ClN4O2/c1-17(2)29-26(33)28-16-19-9-11-21(12-10-19)25(32)31-22-13-14-24(23(27)15-22)30-18(3)20-7-5-4-6-8-20/h4-15,17-18,30H,16H2,1-3H3,(H,31,32)(H2,28,29,33)/t18-/m0/s1. The van der Waals surface area contributed by atoms with Gasteiger partial charge in [-0.05, 0) is 62.2 Å². The zero-order valence-corrected chi connectivity index (χ0v) is 19.7. The largest absolute Gasteiger partial charge is 0.377 e. The molecule has 3 aromatic carbocycles. The van der Waals surface area contributed by atoms with Crippen molar-refractivity contribution in [3.63, 3.8) is 0 Å². The van der Waals surface area contributed by atoms with Crippen molar-refractivity contribution >= 4 is 34.9 Å². The van der Waals surface area contributed by atoms with Gasteiger partial charge in [-0.25, -0.2) is 4.79 Å². The molecule has 0 saturated carbocycles. The number of hydrogen-bond donors (Lipinski definition) is 4. The Kier molecular flexibility index (Phi) is 8.33. The van der Waals surface area contributed by atoms with Gasteiger partial charge in [-0.1, -0.05) is 54.1 Å². The molecule has 0 radical (unpaired) electrons. The van der Waals surface area contributed by atoms with Gasteiger partial charge in [-0.2, -0.15) is 0 Å². The molecule has 7 heteroatoms. The van der Waals surface area contributed by atoms with Crippen molar-refractivity contribution in [2.24, 2.45) is 0 Å². The van der Waals surface area contributed by atoms with Crippen molar-refractivity contribution in [3.05, 3.63) is 94.5 Å². The van der Waals surface area contributed by atoms with Gasteiger partial charge < -0.3 is 21.3 Å². The van der Waals surface area contributed by atoms with Crippen LogP contribution in [0.15, 0.2) is 72.8 Å². The average molecular weight is 465 g/mol. The SMILES string of the molecule is CC(C)NC(=O)NCc1ccc(C(=O)Nc2ccc(N[C@@H](C)c3ccccc3)c(Cl)c2)cc1. The molecule has 0 heterocycles. The third kappa shape index (κ3) is 7.26. The van der Waals surface area contributed by atoms with Gasteiger partial charge in [-0.15, -0.1) is 0 Å². The maximum atomic E-state index is 12.6. The molecule has 6 nitrogen and oxygen atoms in total. The lowest BCUT2D eigenvalue weighted by Gasteiger charge is -2.17. The van der Waals surface area contributed by atoms with Gasteiger partial charge in [0.2, 0.25) is 0 Å². The smallest absolute Gasteiger partial charge is 0.315 e. The average Bonchev–Trinajstić information content (AvgIpc) is 2.80. The van der Waals surface area contributed by atoms with Gasteiger partial charge in [0.05, 0.1) is 10.7 Å². The van der Waals surface area contributed by atoms with Gasteiger partial charge in [-0.3, -0.25) is 4.79 Å². The molecule has 0 fully saturated rings. The molecule has 3 rings (SSSR count). The fraction of sp³-hybridized carbons (Fsp3) is 0.231. The number of rotatable bonds is 8. The van der Waals surface area contributed by atoms with Crippen molar-refractivity contribution in [1.29, 1.82) is 0 Å². The van der Waals surface area contributed by atoms with Crippen LogP contribution in [-0.4, -0.2) is 18.0 Å². The van der Waals surface area contributed by atoms with E-state index in [0.29, 0.717) is 22.8 Å². The predicted octanol–water partition coefficient (Wildman–Crippen LogP) is 5.97. The summed E-state index contributed by atoms with van der Waals surface area (Å²) in [7, 11) is 0. The predicted molar refractivity (Wildman–Crippen MR) is 135 cm³/mol. The van der Waals surface area contributed by atoms with E-state index in [2.05, 4.69) is 40.3 Å². The van der Waals surface area contributed by atoms with E-state index < -0.39 is 0 Å². The van der Waals surface area contributed by atoms with E-state index in [1.54, 1.807) is 18.2 Å². The number of hydrogen-bond acceptors (Lipinski definition) is 3. The molecule has 0 aliphatic rings. The van der Waals surface area contributed by atoms with Crippen LogP contribution in [0.3, 0.4) is 0 Å². The van der Waals surface area contributed by atoms with E-state index in [4.69, 9.17) is 11.6 Å². The Hall–Kier alpha value is -3.51. The quantitative estimate of drug-likeness (QED) is 0.331. The van der Waals surface area contributed by atoms with Crippen LogP contribution in [0.4, 0.5) is 16.2 Å². The van der Waals surface area contributed by atoms with Gasteiger partial charge in [0.15, 0.2) is 0 Å². The summed E-state index contributed by atoms with van der Waals surface area (Å²) in [5.41, 5.74) is 3.98. The highest BCUT2D eigenvalue weighted by atomic mass is 35.5. The van der Waals surface area contributed by atoms with Crippen molar-refractivity contribution in [2.45, 2.75) is 39.4 Å². The van der Waals surface area contributed by atoms with Crippen LogP contribution in [0.5, 0.6) is 0 Å². The minimum Gasteiger partial charge on any atom is -0.377 e. The highest BCUT2D eigenvalue weighted by Crippen LogP contribution is 2.29. The van der Waals surface area contributed by atoms with Gasteiger partial charge in [0.25, 0.3) is 5.91 Å². The first-order valence-electron chi connectivity index (χ1n) is 10.9. The second kappa shape index (κ2) is 11.4. The Bertz CT molecular complexity index is 1090. The molecular formula is C26H29ClN4O2. The van der Waals surface area contributed by atoms with E-state index in [0.717, 1.165) is 16.8 Å². The molecular weight excluding hydrogens is 436 g/mol. The Morgan fingerprint density at radius 2 is 1.61 bits per heavy atom. The van der Waals surface area contributed by atoms with Crippen LogP contribution in [0.2, 0.25) is 5.02 Å². The molecule has 172 valence electrons. The molecule has 0 unspecified atom stereocenters. The van der Waals surface area contributed by atoms with E-state index in [-0.39, 0.29) is 24.0 Å². The number of carbonyl (C=O) groups excluding carboxylic acids is 2. The number of urea groups is 1. The van der Waals surface area contributed by atoms with Crippen molar-refractivity contribution in [1.82, 2.24) is 10.6 Å². The third-order valence-corrected chi connectivity index (χ3v) is 5.30. The molecule has 33 heavy (non-hydrogen) atoms. The lowest BCUT2D eigenvalue weighted by Crippen LogP contribution is -2.39. The second-order valence-electron chi connectivity index (χ2n) is 8.10. The number of nitrogens with one attached hydrogen (secondary N) is 4. The fourth-order valence-electron chi connectivity index (χ4n) is 3.24. The first-order chi connectivity index (χ1) is 15.8. The third-order valence-electron chi connectivity index (χ3n) is 4.99. The maximum absolute atomic E-state index is 12.6. The van der Waals surface area contributed by atoms with Crippen molar-refractivity contribution in [2.75, 3.05) is 10.6 Å². The van der Waals surface area contributed by atoms with Crippen LogP contribution in [0.1, 0.15) is 48.3 Å². The number of benzene rings is 3. The van der Waals surface area contributed by atoms with E-state index in [1.165, 1.54) is 0 Å². The highest BCUT2D eigenvalue weighted by molar-refractivity contribution is 6.33. The van der Waals surface area contributed by atoms with Gasteiger partial charge >= 0.3 is 6.03 Å².